The van der Waals surface area contributed by atoms with E-state index in [0.29, 0.717) is 18.0 Å². The highest BCUT2D eigenvalue weighted by atomic mass is 79.9. The van der Waals surface area contributed by atoms with Crippen molar-refractivity contribution in [3.05, 3.63) is 39.7 Å². The summed E-state index contributed by atoms with van der Waals surface area (Å²) in [4.78, 5) is 15.5. The number of halogens is 1. The van der Waals surface area contributed by atoms with Crippen LogP contribution in [0, 0.1) is 6.92 Å². The van der Waals surface area contributed by atoms with Gasteiger partial charge in [0.2, 0.25) is 11.7 Å². The van der Waals surface area contributed by atoms with Gasteiger partial charge in [0.15, 0.2) is 0 Å². The number of aromatic nitrogens is 1. The van der Waals surface area contributed by atoms with Crippen molar-refractivity contribution < 1.29 is 14.3 Å². The second kappa shape index (κ2) is 5.57. The van der Waals surface area contributed by atoms with Gasteiger partial charge in [0.25, 0.3) is 0 Å². The van der Waals surface area contributed by atoms with Gasteiger partial charge in [0.1, 0.15) is 0 Å². The summed E-state index contributed by atoms with van der Waals surface area (Å²) in [6, 6.07) is 5.70. The smallest absolute Gasteiger partial charge is 0.373 e. The number of benzene rings is 1. The zero-order chi connectivity index (χ0) is 14.0. The number of nitrogens with zero attached hydrogens (tertiary/aromatic N) is 1. The maximum absolute atomic E-state index is 11.1. The van der Waals surface area contributed by atoms with Gasteiger partial charge in [-0.1, -0.05) is 25.5 Å². The molecular formula is C14H14BrNO3. The van der Waals surface area contributed by atoms with E-state index < -0.39 is 5.97 Å². The summed E-state index contributed by atoms with van der Waals surface area (Å²) in [6.45, 7) is 3.93. The molecule has 0 radical (unpaired) electrons. The Hall–Kier alpha value is -1.62. The maximum Gasteiger partial charge on any atom is 0.373 e. The number of carbonyl (C=O) groups is 1. The average molecular weight is 324 g/mol. The van der Waals surface area contributed by atoms with E-state index >= 15 is 0 Å². The van der Waals surface area contributed by atoms with E-state index in [1.807, 2.05) is 32.0 Å². The van der Waals surface area contributed by atoms with Gasteiger partial charge in [-0.05, 0) is 40.9 Å². The van der Waals surface area contributed by atoms with Gasteiger partial charge >= 0.3 is 5.97 Å². The number of carboxylic acids is 1. The molecule has 100 valence electrons. The van der Waals surface area contributed by atoms with Gasteiger partial charge in [-0.3, -0.25) is 0 Å². The van der Waals surface area contributed by atoms with Crippen LogP contribution in [0.2, 0.25) is 0 Å². The van der Waals surface area contributed by atoms with E-state index in [1.165, 1.54) is 0 Å². The van der Waals surface area contributed by atoms with Crippen LogP contribution in [0.5, 0.6) is 0 Å². The Morgan fingerprint density at radius 3 is 2.84 bits per heavy atom. The number of hydrogen-bond acceptors (Lipinski definition) is 3. The Morgan fingerprint density at radius 1 is 1.47 bits per heavy atom. The summed E-state index contributed by atoms with van der Waals surface area (Å²) in [5.41, 5.74) is 2.31. The predicted octanol–water partition coefficient (Wildman–Crippen LogP) is 4.06. The number of rotatable bonds is 4. The zero-order valence-electron chi connectivity index (χ0n) is 10.7. The third-order valence-corrected chi connectivity index (χ3v) is 3.85. The molecule has 5 heteroatoms. The fourth-order valence-corrected chi connectivity index (χ4v) is 2.29. The Balaban J connectivity index is 2.54. The van der Waals surface area contributed by atoms with Crippen molar-refractivity contribution in [2.75, 3.05) is 0 Å². The molecule has 1 aromatic heterocycles. The average Bonchev–Trinajstić information content (AvgIpc) is 2.77. The molecule has 0 aliphatic rings. The van der Waals surface area contributed by atoms with Crippen molar-refractivity contribution in [1.29, 1.82) is 0 Å². The monoisotopic (exact) mass is 323 g/mol. The van der Waals surface area contributed by atoms with Crippen LogP contribution in [0.25, 0.3) is 11.5 Å². The van der Waals surface area contributed by atoms with Crippen molar-refractivity contribution in [2.24, 2.45) is 0 Å². The fraction of sp³-hybridized carbons (Fsp3) is 0.286. The third-order valence-electron chi connectivity index (χ3n) is 2.80. The predicted molar refractivity (Wildman–Crippen MR) is 75.3 cm³/mol. The first-order chi connectivity index (χ1) is 9.04. The quantitative estimate of drug-likeness (QED) is 0.921. The number of carboxylic acid groups (broad SMARTS) is 1. The minimum absolute atomic E-state index is 0.0646. The Morgan fingerprint density at radius 2 is 2.21 bits per heavy atom. The van der Waals surface area contributed by atoms with E-state index in [1.54, 1.807) is 0 Å². The summed E-state index contributed by atoms with van der Waals surface area (Å²) in [5, 5.41) is 9.13. The first kappa shape index (κ1) is 13.8. The number of aryl methyl sites for hydroxylation is 2. The zero-order valence-corrected chi connectivity index (χ0v) is 12.3. The van der Waals surface area contributed by atoms with Gasteiger partial charge in [0.05, 0.1) is 11.3 Å². The van der Waals surface area contributed by atoms with Gasteiger partial charge in [-0.2, -0.15) is 0 Å². The lowest BCUT2D eigenvalue weighted by Crippen LogP contribution is -1.99. The van der Waals surface area contributed by atoms with Crippen LogP contribution in [-0.2, 0) is 6.42 Å². The largest absolute Gasteiger partial charge is 0.475 e. The molecule has 1 heterocycles. The molecule has 0 saturated heterocycles. The molecule has 0 saturated carbocycles. The molecule has 2 rings (SSSR count). The molecule has 0 bridgehead atoms. The SMILES string of the molecule is CCCc1nc(-c2cccc(C)c2Br)oc1C(=O)O. The van der Waals surface area contributed by atoms with Crippen molar-refractivity contribution in [1.82, 2.24) is 4.98 Å². The van der Waals surface area contributed by atoms with Crippen LogP contribution in [0.15, 0.2) is 27.1 Å². The van der Waals surface area contributed by atoms with E-state index in [-0.39, 0.29) is 5.76 Å². The van der Waals surface area contributed by atoms with E-state index in [2.05, 4.69) is 20.9 Å². The standard InChI is InChI=1S/C14H14BrNO3/c1-3-5-10-12(14(17)18)19-13(16-10)9-7-4-6-8(2)11(9)15/h4,6-7H,3,5H2,1-2H3,(H,17,18). The number of oxazole rings is 1. The summed E-state index contributed by atoms with van der Waals surface area (Å²) < 4.78 is 6.28. The van der Waals surface area contributed by atoms with Crippen molar-refractivity contribution in [2.45, 2.75) is 26.7 Å². The van der Waals surface area contributed by atoms with Crippen molar-refractivity contribution in [3.63, 3.8) is 0 Å². The molecule has 0 atom stereocenters. The molecule has 0 aliphatic heterocycles. The van der Waals surface area contributed by atoms with Crippen LogP contribution in [0.4, 0.5) is 0 Å². The van der Waals surface area contributed by atoms with Gasteiger partial charge in [-0.15, -0.1) is 0 Å². The summed E-state index contributed by atoms with van der Waals surface area (Å²) in [7, 11) is 0. The Labute approximate surface area is 119 Å². The molecule has 0 aliphatic carbocycles. The molecular weight excluding hydrogens is 310 g/mol. The van der Waals surface area contributed by atoms with Gasteiger partial charge in [0, 0.05) is 4.47 Å². The molecule has 0 spiro atoms. The Bertz CT molecular complexity index is 619. The number of hydrogen-bond donors (Lipinski definition) is 1. The lowest BCUT2D eigenvalue weighted by atomic mass is 10.1. The summed E-state index contributed by atoms with van der Waals surface area (Å²) in [5.74, 6) is -0.798. The van der Waals surface area contributed by atoms with E-state index in [0.717, 1.165) is 22.0 Å². The van der Waals surface area contributed by atoms with Crippen LogP contribution in [0.3, 0.4) is 0 Å². The molecule has 19 heavy (non-hydrogen) atoms. The topological polar surface area (TPSA) is 63.3 Å². The lowest BCUT2D eigenvalue weighted by molar-refractivity contribution is 0.0661. The van der Waals surface area contributed by atoms with Crippen molar-refractivity contribution >= 4 is 21.9 Å². The lowest BCUT2D eigenvalue weighted by Gasteiger charge is -2.02. The van der Waals surface area contributed by atoms with Gasteiger partial charge in [-0.25, -0.2) is 9.78 Å². The highest BCUT2D eigenvalue weighted by Crippen LogP contribution is 2.31. The normalized spacial score (nSPS) is 10.7. The second-order valence-corrected chi connectivity index (χ2v) is 5.08. The van der Waals surface area contributed by atoms with Crippen LogP contribution in [-0.4, -0.2) is 16.1 Å². The molecule has 0 fully saturated rings. The fourth-order valence-electron chi connectivity index (χ4n) is 1.85. The van der Waals surface area contributed by atoms with Crippen molar-refractivity contribution in [3.8, 4) is 11.5 Å². The van der Waals surface area contributed by atoms with E-state index in [4.69, 9.17) is 9.52 Å². The van der Waals surface area contributed by atoms with Crippen LogP contribution < -0.4 is 0 Å². The second-order valence-electron chi connectivity index (χ2n) is 4.29. The molecule has 2 aromatic rings. The minimum Gasteiger partial charge on any atom is -0.475 e. The highest BCUT2D eigenvalue weighted by molar-refractivity contribution is 9.10. The molecule has 0 unspecified atom stereocenters. The minimum atomic E-state index is -1.08. The highest BCUT2D eigenvalue weighted by Gasteiger charge is 2.21. The summed E-state index contributed by atoms with van der Waals surface area (Å²) in [6.07, 6.45) is 1.41. The summed E-state index contributed by atoms with van der Waals surface area (Å²) >= 11 is 3.48. The molecule has 0 amide bonds. The van der Waals surface area contributed by atoms with Gasteiger partial charge < -0.3 is 9.52 Å². The maximum atomic E-state index is 11.1. The first-order valence-electron chi connectivity index (χ1n) is 6.03. The van der Waals surface area contributed by atoms with E-state index in [9.17, 15) is 4.79 Å². The molecule has 1 aromatic carbocycles. The number of aromatic carboxylic acids is 1. The molecule has 4 nitrogen and oxygen atoms in total. The third kappa shape index (κ3) is 2.71. The van der Waals surface area contributed by atoms with Crippen LogP contribution >= 0.6 is 15.9 Å². The first-order valence-corrected chi connectivity index (χ1v) is 6.82. The Kier molecular flexibility index (Phi) is 4.04. The van der Waals surface area contributed by atoms with Crippen LogP contribution in [0.1, 0.15) is 35.2 Å². The molecule has 1 N–H and O–H groups in total.